The topological polar surface area (TPSA) is 92.4 Å². The summed E-state index contributed by atoms with van der Waals surface area (Å²) in [7, 11) is 0. The van der Waals surface area contributed by atoms with E-state index >= 15 is 0 Å². The van der Waals surface area contributed by atoms with Crippen molar-refractivity contribution in [1.82, 2.24) is 5.32 Å². The number of nitrogens with two attached hydrogens (primary N) is 1. The molecule has 2 aromatic rings. The Morgan fingerprint density at radius 1 is 1.13 bits per heavy atom. The van der Waals surface area contributed by atoms with Crippen LogP contribution in [0.1, 0.15) is 17.2 Å². The van der Waals surface area contributed by atoms with Crippen LogP contribution in [0, 0.1) is 0 Å². The second-order valence-electron chi connectivity index (χ2n) is 5.11. The molecule has 0 heterocycles. The van der Waals surface area contributed by atoms with E-state index in [1.807, 2.05) is 0 Å². The van der Waals surface area contributed by atoms with Gasteiger partial charge in [-0.25, -0.2) is 0 Å². The summed E-state index contributed by atoms with van der Waals surface area (Å²) in [5, 5.41) is 13.0. The third-order valence-electron chi connectivity index (χ3n) is 3.35. The summed E-state index contributed by atoms with van der Waals surface area (Å²) in [6.07, 6.45) is -1.17. The van der Waals surface area contributed by atoms with Crippen molar-refractivity contribution in [1.29, 1.82) is 0 Å². The van der Waals surface area contributed by atoms with Crippen LogP contribution in [0.2, 0.25) is 5.02 Å². The van der Waals surface area contributed by atoms with Crippen LogP contribution in [0.25, 0.3) is 0 Å². The zero-order valence-electron chi connectivity index (χ0n) is 12.3. The van der Waals surface area contributed by atoms with Gasteiger partial charge in [-0.1, -0.05) is 54.1 Å². The summed E-state index contributed by atoms with van der Waals surface area (Å²) >= 11 is 5.90. The summed E-state index contributed by atoms with van der Waals surface area (Å²) in [4.78, 5) is 23.7. The molecule has 0 aliphatic rings. The number of carbonyl (C=O) groups is 2. The van der Waals surface area contributed by atoms with Gasteiger partial charge in [0.15, 0.2) is 6.10 Å². The molecule has 0 fully saturated rings. The minimum Gasteiger partial charge on any atom is -0.378 e. The number of nitrogens with one attached hydrogen (secondary N) is 1. The van der Waals surface area contributed by atoms with E-state index in [4.69, 9.17) is 17.3 Å². The Labute approximate surface area is 139 Å². The highest BCUT2D eigenvalue weighted by molar-refractivity contribution is 6.30. The van der Waals surface area contributed by atoms with Crippen LogP contribution in [0.3, 0.4) is 0 Å². The quantitative estimate of drug-likeness (QED) is 0.750. The minimum absolute atomic E-state index is 0.198. The predicted octanol–water partition coefficient (Wildman–Crippen LogP) is 1.59. The van der Waals surface area contributed by atoms with Crippen molar-refractivity contribution in [2.75, 3.05) is 0 Å². The largest absolute Gasteiger partial charge is 0.378 e. The summed E-state index contributed by atoms with van der Waals surface area (Å²) in [5.41, 5.74) is 6.54. The molecular weight excluding hydrogens is 316 g/mol. The first-order chi connectivity index (χ1) is 11.0. The molecule has 6 heteroatoms. The van der Waals surface area contributed by atoms with E-state index in [-0.39, 0.29) is 6.42 Å². The Morgan fingerprint density at radius 2 is 1.83 bits per heavy atom. The van der Waals surface area contributed by atoms with Crippen molar-refractivity contribution in [2.45, 2.75) is 18.6 Å². The highest BCUT2D eigenvalue weighted by Crippen LogP contribution is 2.14. The van der Waals surface area contributed by atoms with Crippen molar-refractivity contribution in [3.8, 4) is 0 Å². The second kappa shape index (κ2) is 7.76. The molecule has 0 unspecified atom stereocenters. The molecule has 2 atom stereocenters. The van der Waals surface area contributed by atoms with Gasteiger partial charge in [0.1, 0.15) is 6.04 Å². The molecule has 0 saturated carbocycles. The molecule has 120 valence electrons. The number of halogens is 1. The van der Waals surface area contributed by atoms with Crippen LogP contribution in [-0.4, -0.2) is 23.0 Å². The third-order valence-corrected chi connectivity index (χ3v) is 3.59. The highest BCUT2D eigenvalue weighted by atomic mass is 35.5. The zero-order chi connectivity index (χ0) is 16.8. The fourth-order valence-electron chi connectivity index (χ4n) is 2.16. The Bertz CT molecular complexity index is 691. The molecular formula is C17H17ClN2O3. The van der Waals surface area contributed by atoms with Gasteiger partial charge in [0.2, 0.25) is 5.91 Å². The number of aliphatic hydroxyl groups excluding tert-OH is 1. The Kier molecular flexibility index (Phi) is 5.73. The highest BCUT2D eigenvalue weighted by Gasteiger charge is 2.24. The van der Waals surface area contributed by atoms with E-state index in [1.165, 1.54) is 0 Å². The van der Waals surface area contributed by atoms with Crippen molar-refractivity contribution < 1.29 is 14.7 Å². The van der Waals surface area contributed by atoms with E-state index in [2.05, 4.69) is 5.32 Å². The molecule has 0 bridgehead atoms. The van der Waals surface area contributed by atoms with Crippen LogP contribution in [0.4, 0.5) is 0 Å². The van der Waals surface area contributed by atoms with Crippen LogP contribution >= 0.6 is 11.6 Å². The normalized spacial score (nSPS) is 13.1. The van der Waals surface area contributed by atoms with Gasteiger partial charge in [-0.3, -0.25) is 9.59 Å². The Morgan fingerprint density at radius 3 is 2.43 bits per heavy atom. The van der Waals surface area contributed by atoms with Crippen LogP contribution in [0.5, 0.6) is 0 Å². The molecule has 2 rings (SSSR count). The molecule has 0 aromatic heterocycles. The predicted molar refractivity (Wildman–Crippen MR) is 87.7 cm³/mol. The summed E-state index contributed by atoms with van der Waals surface area (Å²) < 4.78 is 0. The molecule has 0 radical (unpaired) electrons. The lowest BCUT2D eigenvalue weighted by atomic mass is 10.0. The molecule has 0 aliphatic heterocycles. The number of amides is 2. The Balaban J connectivity index is 2.07. The maximum Gasteiger partial charge on any atom is 0.254 e. The van der Waals surface area contributed by atoms with Crippen LogP contribution in [0.15, 0.2) is 54.6 Å². The van der Waals surface area contributed by atoms with Crippen LogP contribution in [-0.2, 0) is 16.0 Å². The molecule has 5 nitrogen and oxygen atoms in total. The average Bonchev–Trinajstić information content (AvgIpc) is 2.54. The standard InChI is InChI=1S/C17H17ClN2O3/c18-13-8-4-5-11(9-13)10-14(16(19)22)20-17(23)15(21)12-6-2-1-3-7-12/h1-9,14-15,21H,10H2,(H2,19,22)(H,20,23)/t14-,15+/m1/s1. The third kappa shape index (κ3) is 4.81. The first kappa shape index (κ1) is 17.0. The van der Waals surface area contributed by atoms with Gasteiger partial charge in [-0.15, -0.1) is 0 Å². The molecule has 0 aliphatic carbocycles. The number of carbonyl (C=O) groups excluding carboxylic acids is 2. The molecule has 2 amide bonds. The summed E-state index contributed by atoms with van der Waals surface area (Å²) in [6, 6.07) is 14.4. The van der Waals surface area contributed by atoms with Gasteiger partial charge >= 0.3 is 0 Å². The van der Waals surface area contributed by atoms with Gasteiger partial charge in [-0.2, -0.15) is 0 Å². The zero-order valence-corrected chi connectivity index (χ0v) is 13.0. The van der Waals surface area contributed by atoms with Crippen molar-refractivity contribution in [3.63, 3.8) is 0 Å². The SMILES string of the molecule is NC(=O)[C@@H](Cc1cccc(Cl)c1)NC(=O)[C@@H](O)c1ccccc1. The van der Waals surface area contributed by atoms with Crippen LogP contribution < -0.4 is 11.1 Å². The van der Waals surface area contributed by atoms with Crippen molar-refractivity contribution in [3.05, 3.63) is 70.7 Å². The lowest BCUT2D eigenvalue weighted by molar-refractivity contribution is -0.133. The van der Waals surface area contributed by atoms with E-state index in [9.17, 15) is 14.7 Å². The summed E-state index contributed by atoms with van der Waals surface area (Å²) in [6.45, 7) is 0. The van der Waals surface area contributed by atoms with Crippen molar-refractivity contribution in [2.24, 2.45) is 5.73 Å². The number of hydrogen-bond donors (Lipinski definition) is 3. The average molecular weight is 333 g/mol. The number of aliphatic hydroxyl groups is 1. The lowest BCUT2D eigenvalue weighted by Gasteiger charge is -2.18. The maximum atomic E-state index is 12.1. The second-order valence-corrected chi connectivity index (χ2v) is 5.55. The lowest BCUT2D eigenvalue weighted by Crippen LogP contribution is -2.47. The van der Waals surface area contributed by atoms with E-state index in [0.29, 0.717) is 10.6 Å². The van der Waals surface area contributed by atoms with Gasteiger partial charge in [-0.05, 0) is 23.3 Å². The van der Waals surface area contributed by atoms with Gasteiger partial charge < -0.3 is 16.2 Å². The Hall–Kier alpha value is -2.37. The first-order valence-electron chi connectivity index (χ1n) is 7.04. The van der Waals surface area contributed by atoms with Gasteiger partial charge in [0.05, 0.1) is 0 Å². The molecule has 23 heavy (non-hydrogen) atoms. The number of rotatable bonds is 6. The molecule has 0 saturated heterocycles. The first-order valence-corrected chi connectivity index (χ1v) is 7.42. The molecule has 2 aromatic carbocycles. The fourth-order valence-corrected chi connectivity index (χ4v) is 2.37. The van der Waals surface area contributed by atoms with Gasteiger partial charge in [0.25, 0.3) is 5.91 Å². The number of primary amides is 1. The van der Waals surface area contributed by atoms with Gasteiger partial charge in [0, 0.05) is 11.4 Å². The number of benzene rings is 2. The molecule has 0 spiro atoms. The van der Waals surface area contributed by atoms with E-state index in [1.54, 1.807) is 54.6 Å². The monoisotopic (exact) mass is 332 g/mol. The van der Waals surface area contributed by atoms with E-state index in [0.717, 1.165) is 5.56 Å². The maximum absolute atomic E-state index is 12.1. The van der Waals surface area contributed by atoms with Crippen molar-refractivity contribution >= 4 is 23.4 Å². The smallest absolute Gasteiger partial charge is 0.254 e. The fraction of sp³-hybridized carbons (Fsp3) is 0.176. The van der Waals surface area contributed by atoms with E-state index < -0.39 is 24.0 Å². The minimum atomic E-state index is -1.36. The summed E-state index contributed by atoms with van der Waals surface area (Å²) in [5.74, 6) is -1.36. The number of hydrogen-bond acceptors (Lipinski definition) is 3. The molecule has 4 N–H and O–H groups in total.